The van der Waals surface area contributed by atoms with Crippen LogP contribution in [0, 0.1) is 5.92 Å². The van der Waals surface area contributed by atoms with Crippen LogP contribution >= 0.6 is 12.4 Å². The van der Waals surface area contributed by atoms with Crippen molar-refractivity contribution in [2.24, 2.45) is 5.92 Å². The summed E-state index contributed by atoms with van der Waals surface area (Å²) < 4.78 is 0. The third-order valence-corrected chi connectivity index (χ3v) is 3.35. The van der Waals surface area contributed by atoms with Crippen LogP contribution in [-0.2, 0) is 0 Å². The van der Waals surface area contributed by atoms with Crippen molar-refractivity contribution >= 4 is 24.0 Å². The molecular weight excluding hydrogens is 248 g/mol. The van der Waals surface area contributed by atoms with Gasteiger partial charge in [0.15, 0.2) is 0 Å². The van der Waals surface area contributed by atoms with E-state index < -0.39 is 0 Å². The quantitative estimate of drug-likeness (QED) is 0.661. The number of nitrogens with zero attached hydrogens (tertiary/aromatic N) is 1. The number of para-hydroxylation sites is 1. The summed E-state index contributed by atoms with van der Waals surface area (Å²) >= 11 is 0. The number of nitrogen functional groups attached to an aromatic ring is 1. The van der Waals surface area contributed by atoms with Gasteiger partial charge in [0.2, 0.25) is 0 Å². The zero-order chi connectivity index (χ0) is 12.3. The number of carbonyl (C=O) groups is 1. The van der Waals surface area contributed by atoms with E-state index in [1.807, 2.05) is 23.1 Å². The number of carbonyl (C=O) groups excluding carboxylic acids is 1. The maximum atomic E-state index is 12.2. The maximum absolute atomic E-state index is 12.2. The summed E-state index contributed by atoms with van der Waals surface area (Å²) in [6.07, 6.45) is 3.99. The number of anilines is 1. The van der Waals surface area contributed by atoms with E-state index in [9.17, 15) is 4.79 Å². The summed E-state index contributed by atoms with van der Waals surface area (Å²) in [7, 11) is 0. The van der Waals surface area contributed by atoms with Gasteiger partial charge in [-0.05, 0) is 30.9 Å². The number of nitrogens with two attached hydrogens (primary N) is 1. The lowest BCUT2D eigenvalue weighted by atomic mass is 9.96. The molecule has 4 heteroatoms. The second kappa shape index (κ2) is 6.45. The number of rotatable bonds is 2. The minimum Gasteiger partial charge on any atom is -0.398 e. The molecule has 1 aliphatic heterocycles. The van der Waals surface area contributed by atoms with Gasteiger partial charge in [-0.3, -0.25) is 4.79 Å². The van der Waals surface area contributed by atoms with Gasteiger partial charge in [-0.1, -0.05) is 18.2 Å². The Morgan fingerprint density at radius 3 is 2.50 bits per heavy atom. The molecule has 2 N–H and O–H groups in total. The summed E-state index contributed by atoms with van der Waals surface area (Å²) in [6, 6.07) is 7.25. The first-order valence-electron chi connectivity index (χ1n) is 5.98. The number of hydrogen-bond acceptors (Lipinski definition) is 2. The molecule has 1 saturated heterocycles. The lowest BCUT2D eigenvalue weighted by molar-refractivity contribution is 0.0706. The molecule has 0 atom stereocenters. The van der Waals surface area contributed by atoms with Crippen LogP contribution in [0.4, 0.5) is 5.69 Å². The van der Waals surface area contributed by atoms with Gasteiger partial charge in [-0.2, -0.15) is 0 Å². The highest BCUT2D eigenvalue weighted by Crippen LogP contribution is 2.21. The van der Waals surface area contributed by atoms with Crippen LogP contribution in [0.2, 0.25) is 0 Å². The molecule has 0 aliphatic carbocycles. The van der Waals surface area contributed by atoms with Crippen molar-refractivity contribution in [2.75, 3.05) is 18.8 Å². The molecule has 1 aromatic rings. The van der Waals surface area contributed by atoms with Crippen molar-refractivity contribution < 1.29 is 4.79 Å². The number of piperidine rings is 1. The number of benzene rings is 1. The fraction of sp³-hybridized carbons (Fsp3) is 0.357. The molecule has 3 nitrogen and oxygen atoms in total. The van der Waals surface area contributed by atoms with E-state index >= 15 is 0 Å². The molecule has 0 saturated carbocycles. The van der Waals surface area contributed by atoms with Gasteiger partial charge in [0.05, 0.1) is 5.56 Å². The van der Waals surface area contributed by atoms with Crippen LogP contribution in [0.15, 0.2) is 36.9 Å². The Hall–Kier alpha value is -1.48. The molecule has 2 rings (SSSR count). The summed E-state index contributed by atoms with van der Waals surface area (Å²) in [6.45, 7) is 5.39. The van der Waals surface area contributed by atoms with Crippen molar-refractivity contribution in [1.29, 1.82) is 0 Å². The molecule has 1 aliphatic rings. The normalized spacial score (nSPS) is 15.9. The van der Waals surface area contributed by atoms with E-state index in [1.54, 1.807) is 12.1 Å². The lowest BCUT2D eigenvalue weighted by Crippen LogP contribution is -2.38. The largest absolute Gasteiger partial charge is 0.398 e. The first-order chi connectivity index (χ1) is 8.22. The van der Waals surface area contributed by atoms with E-state index in [0.717, 1.165) is 25.9 Å². The standard InChI is InChI=1S/C14H18N2O.ClH/c1-2-11-7-9-16(10-8-11)14(17)12-5-3-4-6-13(12)15;/h2-6,11H,1,7-10,15H2;1H. The predicted octanol–water partition coefficient (Wildman–Crippen LogP) is 2.73. The SMILES string of the molecule is C=CC1CCN(C(=O)c2ccccc2N)CC1.Cl. The summed E-state index contributed by atoms with van der Waals surface area (Å²) in [4.78, 5) is 14.1. The zero-order valence-electron chi connectivity index (χ0n) is 10.3. The van der Waals surface area contributed by atoms with E-state index in [1.165, 1.54) is 0 Å². The molecule has 1 amide bonds. The Labute approximate surface area is 114 Å². The fourth-order valence-corrected chi connectivity index (χ4v) is 2.20. The smallest absolute Gasteiger partial charge is 0.255 e. The average molecular weight is 267 g/mol. The van der Waals surface area contributed by atoms with Crippen molar-refractivity contribution in [3.63, 3.8) is 0 Å². The molecule has 1 fully saturated rings. The van der Waals surface area contributed by atoms with Crippen LogP contribution < -0.4 is 5.73 Å². The Bertz CT molecular complexity index is 426. The van der Waals surface area contributed by atoms with E-state index in [0.29, 0.717) is 17.2 Å². The Kier molecular flexibility index (Phi) is 5.23. The van der Waals surface area contributed by atoms with Crippen LogP contribution in [0.25, 0.3) is 0 Å². The average Bonchev–Trinajstić information content (AvgIpc) is 2.39. The van der Waals surface area contributed by atoms with Crippen LogP contribution in [0.3, 0.4) is 0 Å². The first kappa shape index (κ1) is 14.6. The van der Waals surface area contributed by atoms with E-state index in [-0.39, 0.29) is 18.3 Å². The van der Waals surface area contributed by atoms with Gasteiger partial charge in [-0.25, -0.2) is 0 Å². The number of hydrogen-bond donors (Lipinski definition) is 1. The number of halogens is 1. The van der Waals surface area contributed by atoms with Crippen LogP contribution in [-0.4, -0.2) is 23.9 Å². The fourth-order valence-electron chi connectivity index (χ4n) is 2.20. The van der Waals surface area contributed by atoms with E-state index in [4.69, 9.17) is 5.73 Å². The number of allylic oxidation sites excluding steroid dienone is 1. The van der Waals surface area contributed by atoms with Crippen molar-refractivity contribution in [3.8, 4) is 0 Å². The molecule has 18 heavy (non-hydrogen) atoms. The molecule has 0 radical (unpaired) electrons. The van der Waals surface area contributed by atoms with Gasteiger partial charge in [0.1, 0.15) is 0 Å². The second-order valence-electron chi connectivity index (χ2n) is 4.45. The molecule has 0 bridgehead atoms. The Morgan fingerprint density at radius 1 is 1.33 bits per heavy atom. The lowest BCUT2D eigenvalue weighted by Gasteiger charge is -2.30. The van der Waals surface area contributed by atoms with Gasteiger partial charge >= 0.3 is 0 Å². The summed E-state index contributed by atoms with van der Waals surface area (Å²) in [5.74, 6) is 0.595. The molecule has 98 valence electrons. The highest BCUT2D eigenvalue weighted by molar-refractivity contribution is 5.99. The topological polar surface area (TPSA) is 46.3 Å². The highest BCUT2D eigenvalue weighted by Gasteiger charge is 2.22. The monoisotopic (exact) mass is 266 g/mol. The summed E-state index contributed by atoms with van der Waals surface area (Å²) in [5, 5.41) is 0. The minimum absolute atomic E-state index is 0. The number of likely N-dealkylation sites (tertiary alicyclic amines) is 1. The Morgan fingerprint density at radius 2 is 1.94 bits per heavy atom. The van der Waals surface area contributed by atoms with Gasteiger partial charge in [-0.15, -0.1) is 19.0 Å². The molecule has 0 aromatic heterocycles. The molecular formula is C14H19ClN2O. The van der Waals surface area contributed by atoms with Crippen molar-refractivity contribution in [3.05, 3.63) is 42.5 Å². The van der Waals surface area contributed by atoms with Gasteiger partial charge < -0.3 is 10.6 Å². The number of amides is 1. The molecule has 1 aromatic carbocycles. The van der Waals surface area contributed by atoms with Crippen molar-refractivity contribution in [1.82, 2.24) is 4.90 Å². The molecule has 1 heterocycles. The third-order valence-electron chi connectivity index (χ3n) is 3.35. The maximum Gasteiger partial charge on any atom is 0.255 e. The predicted molar refractivity (Wildman–Crippen MR) is 76.9 cm³/mol. The van der Waals surface area contributed by atoms with Crippen LogP contribution in [0.5, 0.6) is 0 Å². The second-order valence-corrected chi connectivity index (χ2v) is 4.45. The minimum atomic E-state index is 0. The van der Waals surface area contributed by atoms with Gasteiger partial charge in [0, 0.05) is 18.8 Å². The Balaban J connectivity index is 0.00000162. The zero-order valence-corrected chi connectivity index (χ0v) is 11.2. The van der Waals surface area contributed by atoms with E-state index in [2.05, 4.69) is 6.58 Å². The molecule has 0 unspecified atom stereocenters. The highest BCUT2D eigenvalue weighted by atomic mass is 35.5. The van der Waals surface area contributed by atoms with Crippen molar-refractivity contribution in [2.45, 2.75) is 12.8 Å². The summed E-state index contributed by atoms with van der Waals surface area (Å²) in [5.41, 5.74) is 6.99. The first-order valence-corrected chi connectivity index (χ1v) is 5.98. The van der Waals surface area contributed by atoms with Gasteiger partial charge in [0.25, 0.3) is 5.91 Å². The third kappa shape index (κ3) is 3.05. The molecule has 0 spiro atoms. The van der Waals surface area contributed by atoms with Crippen LogP contribution in [0.1, 0.15) is 23.2 Å².